The van der Waals surface area contributed by atoms with Crippen molar-refractivity contribution >= 4 is 58.3 Å². The fourth-order valence-corrected chi connectivity index (χ4v) is 4.20. The summed E-state index contributed by atoms with van der Waals surface area (Å²) in [4.78, 5) is 41.6. The number of hydrogen-bond donors (Lipinski definition) is 1. The van der Waals surface area contributed by atoms with E-state index in [0.29, 0.717) is 26.2 Å². The van der Waals surface area contributed by atoms with Gasteiger partial charge in [0.05, 0.1) is 18.4 Å². The van der Waals surface area contributed by atoms with E-state index in [-0.39, 0.29) is 11.3 Å². The van der Waals surface area contributed by atoms with Crippen LogP contribution in [0.4, 0.5) is 5.69 Å². The van der Waals surface area contributed by atoms with Crippen molar-refractivity contribution in [2.75, 3.05) is 12.4 Å². The van der Waals surface area contributed by atoms with Crippen LogP contribution >= 0.6 is 34.8 Å². The smallest absolute Gasteiger partial charge is 0.333 e. The predicted molar refractivity (Wildman–Crippen MR) is 127 cm³/mol. The Kier molecular flexibility index (Phi) is 6.61. The third-order valence-corrected chi connectivity index (χ3v) is 6.04. The third kappa shape index (κ3) is 4.55. The number of ether oxygens (including phenoxy) is 1. The van der Waals surface area contributed by atoms with Crippen molar-refractivity contribution < 1.29 is 19.1 Å². The molecule has 0 aliphatic carbocycles. The van der Waals surface area contributed by atoms with Crippen molar-refractivity contribution in [2.45, 2.75) is 12.1 Å². The summed E-state index contributed by atoms with van der Waals surface area (Å²) in [6, 6.07) is 15.0. The summed E-state index contributed by atoms with van der Waals surface area (Å²) in [6.45, 7) is 0. The van der Waals surface area contributed by atoms with E-state index in [0.717, 1.165) is 0 Å². The zero-order chi connectivity index (χ0) is 23.7. The molecule has 0 spiro atoms. The molecule has 2 atom stereocenters. The van der Waals surface area contributed by atoms with Gasteiger partial charge in [0.2, 0.25) is 0 Å². The number of amides is 2. The number of fused-ring (bicyclic) bond motifs is 1. The van der Waals surface area contributed by atoms with E-state index in [4.69, 9.17) is 39.5 Å². The molecule has 6 nitrogen and oxygen atoms in total. The molecule has 3 aromatic rings. The van der Waals surface area contributed by atoms with Crippen molar-refractivity contribution in [3.05, 3.63) is 98.5 Å². The van der Waals surface area contributed by atoms with Crippen LogP contribution in [0.1, 0.15) is 33.6 Å². The maximum absolute atomic E-state index is 13.9. The molecule has 0 saturated carbocycles. The van der Waals surface area contributed by atoms with E-state index in [2.05, 4.69) is 5.32 Å². The molecule has 1 N–H and O–H groups in total. The van der Waals surface area contributed by atoms with Crippen LogP contribution < -0.4 is 5.32 Å². The molecule has 168 valence electrons. The van der Waals surface area contributed by atoms with Crippen LogP contribution in [0.25, 0.3) is 0 Å². The monoisotopic (exact) mass is 502 g/mol. The predicted octanol–water partition coefficient (Wildman–Crippen LogP) is 5.70. The van der Waals surface area contributed by atoms with Crippen LogP contribution in [0.3, 0.4) is 0 Å². The lowest BCUT2D eigenvalue weighted by Gasteiger charge is -2.35. The van der Waals surface area contributed by atoms with Crippen LogP contribution in [-0.4, -0.2) is 29.8 Å². The van der Waals surface area contributed by atoms with E-state index in [1.807, 2.05) is 0 Å². The number of methoxy groups -OCH3 is 1. The topological polar surface area (TPSA) is 75.7 Å². The van der Waals surface area contributed by atoms with Crippen molar-refractivity contribution in [3.63, 3.8) is 0 Å². The number of hydrogen-bond acceptors (Lipinski definition) is 4. The minimum atomic E-state index is -1.23. The average molecular weight is 504 g/mol. The molecular formula is C24H17Cl3N2O4. The second-order valence-corrected chi connectivity index (χ2v) is 8.63. The lowest BCUT2D eigenvalue weighted by molar-refractivity contribution is -0.147. The van der Waals surface area contributed by atoms with Crippen LogP contribution in [0.5, 0.6) is 0 Å². The summed E-state index contributed by atoms with van der Waals surface area (Å²) in [5, 5.41) is 4.03. The van der Waals surface area contributed by atoms with E-state index in [1.54, 1.807) is 54.6 Å². The number of carbonyl (C=O) groups is 3. The normalized spacial score (nSPS) is 16.5. The van der Waals surface area contributed by atoms with Crippen LogP contribution in [-0.2, 0) is 14.3 Å². The first-order valence-electron chi connectivity index (χ1n) is 9.82. The van der Waals surface area contributed by atoms with Crippen molar-refractivity contribution in [1.29, 1.82) is 0 Å². The van der Waals surface area contributed by atoms with E-state index >= 15 is 0 Å². The Morgan fingerprint density at radius 2 is 1.48 bits per heavy atom. The number of halogens is 3. The Balaban J connectivity index is 1.96. The molecule has 3 aromatic carbocycles. The van der Waals surface area contributed by atoms with E-state index in [1.165, 1.54) is 24.1 Å². The first-order chi connectivity index (χ1) is 15.8. The average Bonchev–Trinajstić information content (AvgIpc) is 2.89. The molecule has 0 fully saturated rings. The Morgan fingerprint density at radius 3 is 2.09 bits per heavy atom. The summed E-state index contributed by atoms with van der Waals surface area (Å²) in [5.41, 5.74) is 1.33. The molecule has 0 radical (unpaired) electrons. The maximum Gasteiger partial charge on any atom is 0.333 e. The van der Waals surface area contributed by atoms with Gasteiger partial charge in [0.15, 0.2) is 6.04 Å². The Bertz CT molecular complexity index is 1230. The SMILES string of the molecule is COC(=O)C(c1ccc(Cl)cc1)N1C(=O)c2ccc(Cl)cc2NC(=O)C1c1ccc(Cl)cc1. The number of nitrogens with one attached hydrogen (secondary N) is 1. The summed E-state index contributed by atoms with van der Waals surface area (Å²) in [5.74, 6) is -1.78. The Labute approximate surface area is 205 Å². The minimum Gasteiger partial charge on any atom is -0.467 e. The van der Waals surface area contributed by atoms with Gasteiger partial charge in [-0.15, -0.1) is 0 Å². The highest BCUT2D eigenvalue weighted by molar-refractivity contribution is 6.31. The van der Waals surface area contributed by atoms with Gasteiger partial charge in [-0.3, -0.25) is 9.59 Å². The largest absolute Gasteiger partial charge is 0.467 e. The molecule has 1 aliphatic heterocycles. The molecule has 0 aromatic heterocycles. The number of esters is 1. The van der Waals surface area contributed by atoms with Gasteiger partial charge in [0, 0.05) is 15.1 Å². The van der Waals surface area contributed by atoms with Gasteiger partial charge >= 0.3 is 5.97 Å². The van der Waals surface area contributed by atoms with Gasteiger partial charge in [0.1, 0.15) is 6.04 Å². The fourth-order valence-electron chi connectivity index (χ4n) is 3.78. The van der Waals surface area contributed by atoms with Gasteiger partial charge in [-0.05, 0) is 53.6 Å². The summed E-state index contributed by atoms with van der Waals surface area (Å²) < 4.78 is 5.05. The van der Waals surface area contributed by atoms with Crippen molar-refractivity contribution in [3.8, 4) is 0 Å². The third-order valence-electron chi connectivity index (χ3n) is 5.31. The van der Waals surface area contributed by atoms with E-state index in [9.17, 15) is 14.4 Å². The van der Waals surface area contributed by atoms with Crippen molar-refractivity contribution in [1.82, 2.24) is 4.90 Å². The standard InChI is InChI=1S/C24H17Cl3N2O4/c1-33-24(32)21(14-4-8-16(26)9-5-14)29-20(13-2-6-15(25)7-3-13)22(30)28-19-12-17(27)10-11-18(19)23(29)31/h2-12,20-21H,1H3,(H,28,30). The molecular weight excluding hydrogens is 487 g/mol. The number of anilines is 1. The molecule has 0 bridgehead atoms. The molecule has 2 amide bonds. The lowest BCUT2D eigenvalue weighted by Crippen LogP contribution is -2.44. The maximum atomic E-state index is 13.9. The molecule has 33 heavy (non-hydrogen) atoms. The summed E-state index contributed by atoms with van der Waals surface area (Å²) in [6.07, 6.45) is 0. The molecule has 9 heteroatoms. The minimum absolute atomic E-state index is 0.187. The Hall–Kier alpha value is -3.06. The van der Waals surface area contributed by atoms with Gasteiger partial charge < -0.3 is 15.0 Å². The number of benzene rings is 3. The first-order valence-corrected chi connectivity index (χ1v) is 11.0. The van der Waals surface area contributed by atoms with Crippen molar-refractivity contribution in [2.24, 2.45) is 0 Å². The van der Waals surface area contributed by atoms with Crippen LogP contribution in [0.15, 0.2) is 66.7 Å². The van der Waals surface area contributed by atoms with E-state index < -0.39 is 29.9 Å². The van der Waals surface area contributed by atoms with Crippen LogP contribution in [0.2, 0.25) is 15.1 Å². The first kappa shape index (κ1) is 23.1. The van der Waals surface area contributed by atoms with Gasteiger partial charge in [-0.25, -0.2) is 4.79 Å². The number of rotatable bonds is 4. The summed E-state index contributed by atoms with van der Waals surface area (Å²) >= 11 is 18.2. The second-order valence-electron chi connectivity index (χ2n) is 7.32. The molecule has 0 saturated heterocycles. The van der Waals surface area contributed by atoms with Gasteiger partial charge in [-0.1, -0.05) is 59.1 Å². The van der Waals surface area contributed by atoms with Crippen LogP contribution in [0, 0.1) is 0 Å². The molecule has 1 aliphatic rings. The fraction of sp³-hybridized carbons (Fsp3) is 0.125. The highest BCUT2D eigenvalue weighted by atomic mass is 35.5. The highest BCUT2D eigenvalue weighted by Gasteiger charge is 2.44. The second kappa shape index (κ2) is 9.43. The molecule has 1 heterocycles. The Morgan fingerprint density at radius 1 is 0.909 bits per heavy atom. The zero-order valence-corrected chi connectivity index (χ0v) is 19.5. The van der Waals surface area contributed by atoms with Gasteiger partial charge in [0.25, 0.3) is 11.8 Å². The number of nitrogens with zero attached hydrogens (tertiary/aromatic N) is 1. The summed E-state index contributed by atoms with van der Waals surface area (Å²) in [7, 11) is 1.22. The lowest BCUT2D eigenvalue weighted by atomic mass is 9.97. The zero-order valence-electron chi connectivity index (χ0n) is 17.2. The quantitative estimate of drug-likeness (QED) is 0.464. The molecule has 2 unspecified atom stereocenters. The van der Waals surface area contributed by atoms with Gasteiger partial charge in [-0.2, -0.15) is 0 Å². The highest BCUT2D eigenvalue weighted by Crippen LogP contribution is 2.39. The number of carbonyl (C=O) groups excluding carboxylic acids is 3. The molecule has 4 rings (SSSR count).